The molecule has 4 unspecified atom stereocenters. The zero-order valence-electron chi connectivity index (χ0n) is 32.7. The molecule has 10 rings (SSSR count). The number of quaternary nitrogens is 1. The average molecular weight is 828 g/mol. The third-order valence-electron chi connectivity index (χ3n) is 12.0. The Morgan fingerprint density at radius 3 is 2.00 bits per heavy atom. The number of carbonyl (C=O) groups excluding carboxylic acids is 2. The molecule has 0 amide bonds. The van der Waals surface area contributed by atoms with Crippen molar-refractivity contribution in [3.63, 3.8) is 0 Å². The fraction of sp³-hybridized carbons (Fsp3) is 0.488. The Bertz CT molecular complexity index is 1730. The van der Waals surface area contributed by atoms with Crippen LogP contribution in [-0.4, -0.2) is 95.6 Å². The molecule has 0 aromatic heterocycles. The summed E-state index contributed by atoms with van der Waals surface area (Å²) in [6.07, 6.45) is 18.5. The molecule has 6 fully saturated rings. The summed E-state index contributed by atoms with van der Waals surface area (Å²) < 4.78 is 35.8. The largest absolute Gasteiger partial charge is 0.458 e. The minimum Gasteiger partial charge on any atom is -0.458 e. The topological polar surface area (TPSA) is 96.3 Å². The zero-order chi connectivity index (χ0) is 38.0. The number of nitrogens with zero attached hydrogens (tertiary/aromatic N) is 2. The molecule has 6 heterocycles. The predicted octanol–water partition coefficient (Wildman–Crippen LogP) is 6.09. The maximum atomic E-state index is 13.4. The summed E-state index contributed by atoms with van der Waals surface area (Å²) in [6.45, 7) is 2.33. The number of aliphatic hydroxyl groups is 2. The van der Waals surface area contributed by atoms with Crippen LogP contribution in [0.1, 0.15) is 60.2 Å². The lowest BCUT2D eigenvalue weighted by molar-refractivity contribution is -0.928. The van der Waals surface area contributed by atoms with Gasteiger partial charge in [0.1, 0.15) is 12.6 Å². The van der Waals surface area contributed by atoms with Crippen molar-refractivity contribution in [3.05, 3.63) is 120 Å². The number of hydrogen-bond donors (Lipinski definition) is 2. The zero-order valence-corrected chi connectivity index (χ0v) is 32.1. The maximum Gasteiger partial charge on any atom is 0.348 e. The summed E-state index contributed by atoms with van der Waals surface area (Å²) in [4.78, 5) is 28.9. The molecule has 8 nitrogen and oxygen atoms in total. The fourth-order valence-corrected chi connectivity index (χ4v) is 8.79. The number of esters is 2. The lowest BCUT2D eigenvalue weighted by Crippen LogP contribution is -2.63. The number of halogens is 1. The van der Waals surface area contributed by atoms with Gasteiger partial charge in [-0.1, -0.05) is 103 Å². The quantitative estimate of drug-likeness (QED) is 0.189. The Morgan fingerprint density at radius 2 is 1.46 bits per heavy atom. The minimum atomic E-state index is -2.11. The van der Waals surface area contributed by atoms with Gasteiger partial charge in [0, 0.05) is 31.2 Å². The van der Waals surface area contributed by atoms with E-state index in [9.17, 15) is 19.8 Å². The SMILES string of the molecule is I.O=C(OC1CN2CCC1CC2)C(O)(c1ccccc1)c1ccccc1.[3H]C([3H])([3H])[N+]12CCC(CC1)C(OC(=O)C(O)(C1=CCCC=C1)C1C=CC=CC1)C2. The molecule has 2 aromatic rings. The van der Waals surface area contributed by atoms with Gasteiger partial charge in [-0.3, -0.25) is 4.90 Å². The molecule has 2 aromatic carbocycles. The molecule has 4 bridgehead atoms. The Hall–Kier alpha value is -3.09. The lowest BCUT2D eigenvalue weighted by atomic mass is 9.75. The van der Waals surface area contributed by atoms with Crippen LogP contribution in [0.2, 0.25) is 0 Å². The van der Waals surface area contributed by atoms with Crippen molar-refractivity contribution in [2.24, 2.45) is 17.8 Å². The van der Waals surface area contributed by atoms with Gasteiger partial charge in [0.15, 0.2) is 11.7 Å². The van der Waals surface area contributed by atoms with Gasteiger partial charge in [0.05, 0.1) is 24.2 Å². The highest BCUT2D eigenvalue weighted by Crippen LogP contribution is 2.40. The van der Waals surface area contributed by atoms with Gasteiger partial charge in [-0.2, -0.15) is 0 Å². The Balaban J connectivity index is 0.000000185. The van der Waals surface area contributed by atoms with Crippen LogP contribution in [0, 0.1) is 17.8 Å². The van der Waals surface area contributed by atoms with Gasteiger partial charge >= 0.3 is 11.9 Å². The number of fused-ring (bicyclic) bond motifs is 6. The molecule has 4 atom stereocenters. The molecule has 9 heteroatoms. The van der Waals surface area contributed by atoms with E-state index in [0.717, 1.165) is 58.2 Å². The molecule has 278 valence electrons. The van der Waals surface area contributed by atoms with Gasteiger partial charge in [-0.25, -0.2) is 9.59 Å². The number of rotatable bonds is 8. The molecule has 0 saturated carbocycles. The van der Waals surface area contributed by atoms with Crippen LogP contribution in [0.3, 0.4) is 0 Å². The highest BCUT2D eigenvalue weighted by atomic mass is 127. The molecule has 52 heavy (non-hydrogen) atoms. The number of benzene rings is 2. The van der Waals surface area contributed by atoms with Crippen LogP contribution in [0.15, 0.2) is 109 Å². The van der Waals surface area contributed by atoms with Crippen molar-refractivity contribution in [3.8, 4) is 0 Å². The molecular formula is C43H54IN2O6+. The van der Waals surface area contributed by atoms with Crippen LogP contribution in [0.5, 0.6) is 0 Å². The van der Waals surface area contributed by atoms with Crippen LogP contribution in [0.25, 0.3) is 0 Å². The van der Waals surface area contributed by atoms with Crippen molar-refractivity contribution < 1.29 is 37.9 Å². The lowest BCUT2D eigenvalue weighted by Gasteiger charge is -2.50. The first kappa shape index (κ1) is 34.7. The molecular weight excluding hydrogens is 767 g/mol. The molecule has 2 aliphatic carbocycles. The molecule has 6 aliphatic heterocycles. The third kappa shape index (κ3) is 7.89. The second-order valence-electron chi connectivity index (χ2n) is 15.1. The highest BCUT2D eigenvalue weighted by molar-refractivity contribution is 14.0. The fourth-order valence-electron chi connectivity index (χ4n) is 8.79. The Kier molecular flexibility index (Phi) is 11.0. The van der Waals surface area contributed by atoms with E-state index in [4.69, 9.17) is 13.6 Å². The van der Waals surface area contributed by atoms with E-state index in [2.05, 4.69) is 4.90 Å². The summed E-state index contributed by atoms with van der Waals surface area (Å²) in [5.41, 5.74) is -1.89. The summed E-state index contributed by atoms with van der Waals surface area (Å²) >= 11 is 0. The van der Waals surface area contributed by atoms with Crippen molar-refractivity contribution >= 4 is 35.9 Å². The number of allylic oxidation sites excluding steroid dienone is 5. The normalized spacial score (nSPS) is 32.3. The molecule has 6 saturated heterocycles. The van der Waals surface area contributed by atoms with E-state index in [0.29, 0.717) is 48.7 Å². The van der Waals surface area contributed by atoms with Gasteiger partial charge in [0.25, 0.3) is 0 Å². The summed E-state index contributed by atoms with van der Waals surface area (Å²) in [5, 5.41) is 23.1. The molecule has 2 N–H and O–H groups in total. The van der Waals surface area contributed by atoms with Gasteiger partial charge < -0.3 is 24.2 Å². The number of hydrogen-bond acceptors (Lipinski definition) is 7. The van der Waals surface area contributed by atoms with E-state index in [1.54, 1.807) is 24.3 Å². The van der Waals surface area contributed by atoms with E-state index < -0.39 is 42.1 Å². The standard InChI is InChI=1S/C22H30NO3.C21H23NO3.HI/c1-23-14-12-17(13-15-23)20(16-23)26-21(24)22(25,18-8-4-2-5-9-18)19-10-6-3-7-11-19;23-20(25-19-15-22-13-11-16(19)12-14-22)21(24,17-7-3-1-4-8-17)18-9-5-2-6-10-18;/h2,4-6,8,10-11,17-18,20,25H,3,7,9,12-16H2,1H3;1-10,16,19,24H,11-15H2;1H/q+1;;/i1T3;;. The van der Waals surface area contributed by atoms with Gasteiger partial charge in [-0.05, 0) is 67.8 Å². The third-order valence-corrected chi connectivity index (χ3v) is 12.0. The smallest absolute Gasteiger partial charge is 0.348 e. The summed E-state index contributed by atoms with van der Waals surface area (Å²) in [5.74, 6) is -1.06. The minimum absolute atomic E-state index is 0. The first-order valence-corrected chi connectivity index (χ1v) is 18.7. The van der Waals surface area contributed by atoms with Gasteiger partial charge in [-0.15, -0.1) is 24.0 Å². The van der Waals surface area contributed by atoms with Crippen molar-refractivity contribution in [2.45, 2.75) is 68.4 Å². The molecule has 8 aliphatic rings. The van der Waals surface area contributed by atoms with Crippen molar-refractivity contribution in [2.75, 3.05) is 46.2 Å². The molecule has 0 spiro atoms. The number of ether oxygens (including phenoxy) is 2. The Morgan fingerprint density at radius 1 is 0.827 bits per heavy atom. The second-order valence-corrected chi connectivity index (χ2v) is 15.1. The second kappa shape index (κ2) is 16.5. The first-order valence-electron chi connectivity index (χ1n) is 20.2. The number of piperidine rings is 6. The van der Waals surface area contributed by atoms with Gasteiger partial charge in [0.2, 0.25) is 5.60 Å². The predicted molar refractivity (Wildman–Crippen MR) is 212 cm³/mol. The summed E-state index contributed by atoms with van der Waals surface area (Å²) in [7, 11) is 0. The van der Waals surface area contributed by atoms with Crippen LogP contribution < -0.4 is 0 Å². The van der Waals surface area contributed by atoms with E-state index in [1.165, 1.54) is 0 Å². The van der Waals surface area contributed by atoms with Crippen molar-refractivity contribution in [1.29, 1.82) is 0 Å². The summed E-state index contributed by atoms with van der Waals surface area (Å²) in [6, 6.07) is 18.1. The van der Waals surface area contributed by atoms with Crippen LogP contribution in [0.4, 0.5) is 0 Å². The van der Waals surface area contributed by atoms with E-state index >= 15 is 0 Å². The van der Waals surface area contributed by atoms with Crippen molar-refractivity contribution in [1.82, 2.24) is 4.90 Å². The van der Waals surface area contributed by atoms with E-state index in [1.807, 2.05) is 78.9 Å². The average Bonchev–Trinajstić information content (AvgIpc) is 3.22. The number of carbonyl (C=O) groups is 2. The maximum absolute atomic E-state index is 13.4. The molecule has 0 radical (unpaired) electrons. The Labute approximate surface area is 329 Å². The highest BCUT2D eigenvalue weighted by Gasteiger charge is 2.51. The van der Waals surface area contributed by atoms with E-state index in [-0.39, 0.29) is 40.5 Å². The number of likely N-dealkylation sites (N-methyl/N-ethyl adjacent to an activating group) is 1. The van der Waals surface area contributed by atoms with Crippen LogP contribution in [-0.2, 0) is 24.7 Å². The van der Waals surface area contributed by atoms with Crippen LogP contribution >= 0.6 is 24.0 Å². The monoisotopic (exact) mass is 827 g/mol. The first-order chi connectivity index (χ1) is 25.9.